The fourth-order valence-corrected chi connectivity index (χ4v) is 0.822. The maximum Gasteiger partial charge on any atom is 0.247 e. The van der Waals surface area contributed by atoms with E-state index in [9.17, 15) is 0 Å². The first-order chi connectivity index (χ1) is 4.38. The molecule has 0 saturated carbocycles. The molecule has 51 valence electrons. The molecule has 9 heavy (non-hydrogen) atoms. The number of ether oxygens (including phenoxy) is 2. The molecule has 0 bridgehead atoms. The third kappa shape index (κ3) is 1.09. The fraction of sp³-hybridized carbons (Fsp3) is 0.667. The molecule has 0 amide bonds. The van der Waals surface area contributed by atoms with Gasteiger partial charge in [-0.1, -0.05) is 0 Å². The monoisotopic (exact) mass is 128 g/mol. The molecule has 0 saturated heterocycles. The summed E-state index contributed by atoms with van der Waals surface area (Å²) in [4.78, 5) is 0. The Morgan fingerprint density at radius 1 is 1.33 bits per heavy atom. The first-order valence-corrected chi connectivity index (χ1v) is 2.87. The molecule has 1 radical (unpaired) electrons. The van der Waals surface area contributed by atoms with Crippen molar-refractivity contribution in [2.24, 2.45) is 0 Å². The van der Waals surface area contributed by atoms with E-state index in [1.807, 2.05) is 0 Å². The Bertz CT molecular complexity index is 117. The minimum absolute atomic E-state index is 0.650. The summed E-state index contributed by atoms with van der Waals surface area (Å²) in [7, 11) is 3.23. The number of methoxy groups -OCH3 is 2. The van der Waals surface area contributed by atoms with E-state index in [0.717, 1.165) is 18.7 Å². The van der Waals surface area contributed by atoms with Gasteiger partial charge in [-0.25, -0.2) is 5.32 Å². The topological polar surface area (TPSA) is 32.6 Å². The second-order valence-electron chi connectivity index (χ2n) is 1.77. The Morgan fingerprint density at radius 2 is 2.11 bits per heavy atom. The first kappa shape index (κ1) is 6.26. The van der Waals surface area contributed by atoms with Crippen LogP contribution in [0.5, 0.6) is 0 Å². The molecule has 0 fully saturated rings. The van der Waals surface area contributed by atoms with Gasteiger partial charge in [0, 0.05) is 6.42 Å². The van der Waals surface area contributed by atoms with Crippen LogP contribution in [-0.4, -0.2) is 20.8 Å². The van der Waals surface area contributed by atoms with Gasteiger partial charge in [-0.15, -0.1) is 0 Å². The second kappa shape index (κ2) is 2.62. The lowest BCUT2D eigenvalue weighted by atomic mass is 10.4. The van der Waals surface area contributed by atoms with E-state index in [-0.39, 0.29) is 0 Å². The molecule has 0 atom stereocenters. The molecule has 1 aliphatic heterocycles. The molecule has 0 aromatic carbocycles. The maximum atomic E-state index is 4.98. The molecule has 3 heteroatoms. The van der Waals surface area contributed by atoms with E-state index in [4.69, 9.17) is 9.47 Å². The average Bonchev–Trinajstić information content (AvgIpc) is 2.33. The summed E-state index contributed by atoms with van der Waals surface area (Å²) in [6.45, 7) is 0.798. The third-order valence-electron chi connectivity index (χ3n) is 1.27. The van der Waals surface area contributed by atoms with Crippen molar-refractivity contribution in [3.05, 3.63) is 11.6 Å². The third-order valence-corrected chi connectivity index (χ3v) is 1.27. The summed E-state index contributed by atoms with van der Waals surface area (Å²) in [5, 5.41) is 4.04. The van der Waals surface area contributed by atoms with E-state index >= 15 is 0 Å². The number of nitrogens with zero attached hydrogens (tertiary/aromatic N) is 1. The predicted octanol–water partition coefficient (Wildman–Crippen LogP) is 0.456. The van der Waals surface area contributed by atoms with Crippen LogP contribution in [0.4, 0.5) is 0 Å². The minimum atomic E-state index is 0.650. The lowest BCUT2D eigenvalue weighted by Gasteiger charge is -2.00. The molecule has 0 aromatic heterocycles. The van der Waals surface area contributed by atoms with Gasteiger partial charge in [0.25, 0.3) is 0 Å². The molecule has 1 heterocycles. The molecule has 0 aromatic rings. The molecule has 1 rings (SSSR count). The zero-order chi connectivity index (χ0) is 6.69. The fourth-order valence-electron chi connectivity index (χ4n) is 0.822. The highest BCUT2D eigenvalue weighted by Crippen LogP contribution is 2.14. The van der Waals surface area contributed by atoms with Gasteiger partial charge in [-0.2, -0.15) is 0 Å². The Hall–Kier alpha value is -0.860. The van der Waals surface area contributed by atoms with Crippen molar-refractivity contribution in [2.75, 3.05) is 20.8 Å². The molecular formula is C6H10NO2. The Labute approximate surface area is 54.6 Å². The normalized spacial score (nSPS) is 17.6. The van der Waals surface area contributed by atoms with Crippen LogP contribution in [0, 0.1) is 0 Å². The van der Waals surface area contributed by atoms with Crippen molar-refractivity contribution in [3.8, 4) is 0 Å². The van der Waals surface area contributed by atoms with Crippen molar-refractivity contribution < 1.29 is 9.47 Å². The van der Waals surface area contributed by atoms with Gasteiger partial charge in [0.15, 0.2) is 5.76 Å². The highest BCUT2D eigenvalue weighted by atomic mass is 16.5. The van der Waals surface area contributed by atoms with Gasteiger partial charge in [-0.3, -0.25) is 0 Å². The lowest BCUT2D eigenvalue weighted by Crippen LogP contribution is -1.99. The number of rotatable bonds is 2. The van der Waals surface area contributed by atoms with E-state index in [1.54, 1.807) is 14.2 Å². The van der Waals surface area contributed by atoms with Crippen LogP contribution < -0.4 is 5.32 Å². The van der Waals surface area contributed by atoms with Gasteiger partial charge in [0.05, 0.1) is 20.8 Å². The van der Waals surface area contributed by atoms with Crippen LogP contribution in [0.2, 0.25) is 0 Å². The van der Waals surface area contributed by atoms with Crippen molar-refractivity contribution in [3.63, 3.8) is 0 Å². The van der Waals surface area contributed by atoms with Crippen LogP contribution in [0.3, 0.4) is 0 Å². The summed E-state index contributed by atoms with van der Waals surface area (Å²) < 4.78 is 9.88. The Balaban J connectivity index is 2.59. The second-order valence-corrected chi connectivity index (χ2v) is 1.77. The highest BCUT2D eigenvalue weighted by Gasteiger charge is 2.15. The van der Waals surface area contributed by atoms with Crippen molar-refractivity contribution >= 4 is 0 Å². The average molecular weight is 128 g/mol. The highest BCUT2D eigenvalue weighted by molar-refractivity contribution is 5.05. The molecule has 3 nitrogen and oxygen atoms in total. The predicted molar refractivity (Wildman–Crippen MR) is 32.7 cm³/mol. The van der Waals surface area contributed by atoms with Crippen LogP contribution in [-0.2, 0) is 9.47 Å². The van der Waals surface area contributed by atoms with E-state index < -0.39 is 0 Å². The smallest absolute Gasteiger partial charge is 0.247 e. The number of hydrogen-bond acceptors (Lipinski definition) is 2. The van der Waals surface area contributed by atoms with Gasteiger partial charge in [-0.05, 0) is 0 Å². The summed E-state index contributed by atoms with van der Waals surface area (Å²) in [6, 6.07) is 0. The van der Waals surface area contributed by atoms with E-state index in [1.165, 1.54) is 0 Å². The van der Waals surface area contributed by atoms with Gasteiger partial charge >= 0.3 is 0 Å². The van der Waals surface area contributed by atoms with Gasteiger partial charge < -0.3 is 9.47 Å². The van der Waals surface area contributed by atoms with Crippen LogP contribution in [0.1, 0.15) is 6.42 Å². The van der Waals surface area contributed by atoms with Gasteiger partial charge in [0.1, 0.15) is 0 Å². The molecule has 0 spiro atoms. The standard InChI is InChI=1S/C6H10NO2/c1-8-5-3-4-7-6(5)9-2/h3-4H2,1-2H3. The summed E-state index contributed by atoms with van der Waals surface area (Å²) in [5.41, 5.74) is 0. The van der Waals surface area contributed by atoms with Crippen LogP contribution >= 0.6 is 0 Å². The Morgan fingerprint density at radius 3 is 2.56 bits per heavy atom. The number of hydrogen-bond donors (Lipinski definition) is 0. The summed E-state index contributed by atoms with van der Waals surface area (Å²) in [6.07, 6.45) is 0.875. The van der Waals surface area contributed by atoms with Crippen molar-refractivity contribution in [2.45, 2.75) is 6.42 Å². The molecule has 0 aliphatic carbocycles. The van der Waals surface area contributed by atoms with E-state index in [2.05, 4.69) is 5.32 Å². The molecule has 0 unspecified atom stereocenters. The zero-order valence-electron chi connectivity index (χ0n) is 5.68. The summed E-state index contributed by atoms with van der Waals surface area (Å²) in [5.74, 6) is 1.51. The molecule has 0 N–H and O–H groups in total. The van der Waals surface area contributed by atoms with Crippen molar-refractivity contribution in [1.29, 1.82) is 0 Å². The van der Waals surface area contributed by atoms with Crippen LogP contribution in [0.25, 0.3) is 0 Å². The largest absolute Gasteiger partial charge is 0.495 e. The zero-order valence-corrected chi connectivity index (χ0v) is 5.68. The maximum absolute atomic E-state index is 4.98. The quantitative estimate of drug-likeness (QED) is 0.541. The van der Waals surface area contributed by atoms with Gasteiger partial charge in [0.2, 0.25) is 5.88 Å². The summed E-state index contributed by atoms with van der Waals surface area (Å²) >= 11 is 0. The van der Waals surface area contributed by atoms with E-state index in [0.29, 0.717) is 5.88 Å². The molecule has 1 aliphatic rings. The first-order valence-electron chi connectivity index (χ1n) is 2.87. The molecular weight excluding hydrogens is 118 g/mol. The Kier molecular flexibility index (Phi) is 1.82. The lowest BCUT2D eigenvalue weighted by molar-refractivity contribution is 0.216. The SMILES string of the molecule is COC1=C(OC)[N]CC1. The van der Waals surface area contributed by atoms with Crippen LogP contribution in [0.15, 0.2) is 11.6 Å². The minimum Gasteiger partial charge on any atom is -0.495 e. The van der Waals surface area contributed by atoms with Crippen molar-refractivity contribution in [1.82, 2.24) is 5.32 Å².